The van der Waals surface area contributed by atoms with Crippen LogP contribution in [0.5, 0.6) is 0 Å². The van der Waals surface area contributed by atoms with Gasteiger partial charge in [0.05, 0.1) is 11.1 Å². The van der Waals surface area contributed by atoms with E-state index in [9.17, 15) is 18.9 Å². The average molecular weight is 241 g/mol. The zero-order valence-corrected chi connectivity index (χ0v) is 8.17. The monoisotopic (exact) mass is 241 g/mol. The molecule has 0 aliphatic rings. The highest BCUT2D eigenvalue weighted by Crippen LogP contribution is 2.23. The number of hydrogen-bond acceptors (Lipinski definition) is 5. The van der Waals surface area contributed by atoms with E-state index in [1.807, 2.05) is 0 Å². The summed E-state index contributed by atoms with van der Waals surface area (Å²) < 4.78 is 27.3. The summed E-state index contributed by atoms with van der Waals surface area (Å²) in [6.45, 7) is 0. The second-order valence-corrected chi connectivity index (χ2v) is 3.10. The number of nitrogens with two attached hydrogens (primary N) is 1. The molecule has 0 atom stereocenters. The van der Waals surface area contributed by atoms with E-state index in [4.69, 9.17) is 5.73 Å². The molecule has 0 amide bonds. The van der Waals surface area contributed by atoms with Gasteiger partial charge in [-0.1, -0.05) is 5.21 Å². The molecule has 0 saturated carbocycles. The van der Waals surface area contributed by atoms with E-state index in [1.165, 1.54) is 0 Å². The Bertz CT molecular complexity index is 598. The average Bonchev–Trinajstić information content (AvgIpc) is 2.64. The zero-order chi connectivity index (χ0) is 12.6. The van der Waals surface area contributed by atoms with Crippen molar-refractivity contribution in [1.82, 2.24) is 15.0 Å². The highest BCUT2D eigenvalue weighted by Gasteiger charge is 2.20. The molecule has 0 fully saturated rings. The van der Waals surface area contributed by atoms with E-state index in [0.29, 0.717) is 6.07 Å². The van der Waals surface area contributed by atoms with Crippen molar-refractivity contribution >= 4 is 11.5 Å². The minimum absolute atomic E-state index is 0.0105. The van der Waals surface area contributed by atoms with E-state index >= 15 is 0 Å². The van der Waals surface area contributed by atoms with Gasteiger partial charge in [-0.25, -0.2) is 9.07 Å². The molecule has 1 aromatic carbocycles. The van der Waals surface area contributed by atoms with Gasteiger partial charge < -0.3 is 5.73 Å². The molecule has 0 unspecified atom stereocenters. The summed E-state index contributed by atoms with van der Waals surface area (Å²) >= 11 is 0. The van der Waals surface area contributed by atoms with Gasteiger partial charge in [-0.2, -0.15) is 4.39 Å². The van der Waals surface area contributed by atoms with Crippen LogP contribution in [0, 0.1) is 21.7 Å². The van der Waals surface area contributed by atoms with Crippen molar-refractivity contribution in [3.8, 4) is 5.69 Å². The van der Waals surface area contributed by atoms with Gasteiger partial charge in [0.25, 0.3) is 0 Å². The summed E-state index contributed by atoms with van der Waals surface area (Å²) in [4.78, 5) is 9.54. The number of rotatable bonds is 2. The normalized spacial score (nSPS) is 10.5. The number of nitro groups is 1. The molecule has 1 aromatic heterocycles. The van der Waals surface area contributed by atoms with Crippen LogP contribution < -0.4 is 5.73 Å². The Morgan fingerprint density at radius 2 is 2.06 bits per heavy atom. The molecule has 1 heterocycles. The number of anilines is 1. The standard InChI is InChI=1S/C8H5F2N5O2/c9-4-1-5(10)7(15(16)17)2-6(4)14-3-8(11)12-13-14/h1-3H,11H2. The Balaban J connectivity index is 2.62. The van der Waals surface area contributed by atoms with Gasteiger partial charge in [-0.15, -0.1) is 5.10 Å². The lowest BCUT2D eigenvalue weighted by Crippen LogP contribution is -2.02. The van der Waals surface area contributed by atoms with Crippen molar-refractivity contribution in [2.45, 2.75) is 0 Å². The van der Waals surface area contributed by atoms with Crippen LogP contribution in [0.2, 0.25) is 0 Å². The molecule has 2 aromatic rings. The second kappa shape index (κ2) is 3.77. The molecule has 88 valence electrons. The maximum atomic E-state index is 13.4. The second-order valence-electron chi connectivity index (χ2n) is 3.10. The van der Waals surface area contributed by atoms with Gasteiger partial charge >= 0.3 is 5.69 Å². The summed E-state index contributed by atoms with van der Waals surface area (Å²) in [6.07, 6.45) is 1.15. The fraction of sp³-hybridized carbons (Fsp3) is 0. The molecule has 0 radical (unpaired) electrons. The lowest BCUT2D eigenvalue weighted by Gasteiger charge is -2.02. The fourth-order valence-electron chi connectivity index (χ4n) is 1.24. The van der Waals surface area contributed by atoms with Gasteiger partial charge in [0.1, 0.15) is 5.69 Å². The molecule has 0 bridgehead atoms. The lowest BCUT2D eigenvalue weighted by atomic mass is 10.2. The Hall–Kier alpha value is -2.58. The molecule has 9 heteroatoms. The lowest BCUT2D eigenvalue weighted by molar-refractivity contribution is -0.387. The smallest absolute Gasteiger partial charge is 0.307 e. The zero-order valence-electron chi connectivity index (χ0n) is 8.17. The summed E-state index contributed by atoms with van der Waals surface area (Å²) in [5, 5.41) is 17.3. The van der Waals surface area contributed by atoms with Crippen molar-refractivity contribution in [2.24, 2.45) is 0 Å². The first-order chi connectivity index (χ1) is 7.99. The molecule has 2 N–H and O–H groups in total. The van der Waals surface area contributed by atoms with Crippen molar-refractivity contribution in [3.05, 3.63) is 40.1 Å². The van der Waals surface area contributed by atoms with E-state index in [0.717, 1.165) is 16.9 Å². The molecule has 0 aliphatic heterocycles. The van der Waals surface area contributed by atoms with E-state index in [1.54, 1.807) is 0 Å². The van der Waals surface area contributed by atoms with Crippen molar-refractivity contribution in [2.75, 3.05) is 5.73 Å². The third-order valence-electron chi connectivity index (χ3n) is 1.97. The van der Waals surface area contributed by atoms with Crippen LogP contribution in [-0.4, -0.2) is 19.9 Å². The van der Waals surface area contributed by atoms with Crippen LogP contribution in [-0.2, 0) is 0 Å². The first-order valence-corrected chi connectivity index (χ1v) is 4.30. The van der Waals surface area contributed by atoms with Crippen molar-refractivity contribution in [1.29, 1.82) is 0 Å². The van der Waals surface area contributed by atoms with E-state index in [2.05, 4.69) is 10.3 Å². The first kappa shape index (κ1) is 10.9. The number of aromatic nitrogens is 3. The summed E-state index contributed by atoms with van der Waals surface area (Å²) in [5.74, 6) is -2.25. The van der Waals surface area contributed by atoms with Crippen molar-refractivity contribution < 1.29 is 13.7 Å². The number of nitrogens with zero attached hydrogens (tertiary/aromatic N) is 4. The summed E-state index contributed by atoms with van der Waals surface area (Å²) in [7, 11) is 0. The predicted molar refractivity (Wildman–Crippen MR) is 52.3 cm³/mol. The molecular weight excluding hydrogens is 236 g/mol. The van der Waals surface area contributed by atoms with E-state index in [-0.39, 0.29) is 11.5 Å². The molecular formula is C8H5F2N5O2. The Kier molecular flexibility index (Phi) is 2.42. The SMILES string of the molecule is Nc1cn(-c2cc([N+](=O)[O-])c(F)cc2F)nn1. The number of nitro benzene ring substituents is 1. The quantitative estimate of drug-likeness (QED) is 0.625. The van der Waals surface area contributed by atoms with Crippen LogP contribution in [0.3, 0.4) is 0 Å². The van der Waals surface area contributed by atoms with Gasteiger partial charge in [0, 0.05) is 12.1 Å². The summed E-state index contributed by atoms with van der Waals surface area (Å²) in [6, 6.07) is 1.13. The van der Waals surface area contributed by atoms with Crippen LogP contribution in [0.15, 0.2) is 18.3 Å². The first-order valence-electron chi connectivity index (χ1n) is 4.30. The van der Waals surface area contributed by atoms with Gasteiger partial charge in [0.15, 0.2) is 11.6 Å². The minimum atomic E-state index is -1.26. The Morgan fingerprint density at radius 1 is 1.35 bits per heavy atom. The summed E-state index contributed by atoms with van der Waals surface area (Å²) in [5.41, 5.74) is 4.11. The van der Waals surface area contributed by atoms with Crippen LogP contribution in [0.25, 0.3) is 5.69 Å². The van der Waals surface area contributed by atoms with E-state index < -0.39 is 22.2 Å². The third-order valence-corrected chi connectivity index (χ3v) is 1.97. The fourth-order valence-corrected chi connectivity index (χ4v) is 1.24. The molecule has 2 rings (SSSR count). The number of hydrogen-bond donors (Lipinski definition) is 1. The molecule has 0 saturated heterocycles. The Morgan fingerprint density at radius 3 is 2.59 bits per heavy atom. The van der Waals surface area contributed by atoms with Gasteiger partial charge in [0.2, 0.25) is 5.82 Å². The van der Waals surface area contributed by atoms with Gasteiger partial charge in [-0.3, -0.25) is 10.1 Å². The van der Waals surface area contributed by atoms with Crippen LogP contribution in [0.1, 0.15) is 0 Å². The molecule has 17 heavy (non-hydrogen) atoms. The Labute approximate surface area is 92.6 Å². The van der Waals surface area contributed by atoms with Crippen molar-refractivity contribution in [3.63, 3.8) is 0 Å². The topological polar surface area (TPSA) is 99.9 Å². The molecule has 0 aliphatic carbocycles. The van der Waals surface area contributed by atoms with Gasteiger partial charge in [-0.05, 0) is 0 Å². The molecule has 0 spiro atoms. The molecule has 7 nitrogen and oxygen atoms in total. The predicted octanol–water partition coefficient (Wildman–Crippen LogP) is 1.04. The minimum Gasteiger partial charge on any atom is -0.381 e. The largest absolute Gasteiger partial charge is 0.381 e. The number of halogens is 2. The number of benzene rings is 1. The number of nitrogen functional groups attached to an aromatic ring is 1. The highest BCUT2D eigenvalue weighted by atomic mass is 19.1. The third kappa shape index (κ3) is 1.89. The maximum Gasteiger partial charge on any atom is 0.307 e. The maximum absolute atomic E-state index is 13.4. The highest BCUT2D eigenvalue weighted by molar-refractivity contribution is 5.45. The van der Waals surface area contributed by atoms with Crippen LogP contribution in [0.4, 0.5) is 20.3 Å². The van der Waals surface area contributed by atoms with Crippen LogP contribution >= 0.6 is 0 Å².